The van der Waals surface area contributed by atoms with Crippen LogP contribution >= 0.6 is 0 Å². The average molecular weight is 367 g/mol. The second kappa shape index (κ2) is 9.67. The molecule has 2 atom stereocenters. The maximum absolute atomic E-state index is 12.3. The first-order valence-electron chi connectivity index (χ1n) is 9.87. The number of ether oxygens (including phenoxy) is 1. The summed E-state index contributed by atoms with van der Waals surface area (Å²) < 4.78 is 5.49. The maximum Gasteiger partial charge on any atom is 0.320 e. The van der Waals surface area contributed by atoms with Gasteiger partial charge in [-0.05, 0) is 24.5 Å². The molecule has 0 aliphatic carbocycles. The Morgan fingerprint density at radius 1 is 0.963 bits per heavy atom. The van der Waals surface area contributed by atoms with Gasteiger partial charge in [0.2, 0.25) is 0 Å². The van der Waals surface area contributed by atoms with Crippen molar-refractivity contribution in [2.45, 2.75) is 45.5 Å². The lowest BCUT2D eigenvalue weighted by Crippen LogP contribution is -2.57. The van der Waals surface area contributed by atoms with Gasteiger partial charge in [0.25, 0.3) is 0 Å². The Bertz CT molecular complexity index is 705. The summed E-state index contributed by atoms with van der Waals surface area (Å²) in [7, 11) is 0. The molecule has 0 bridgehead atoms. The molecule has 0 aromatic heterocycles. The first-order valence-corrected chi connectivity index (χ1v) is 9.87. The number of esters is 1. The van der Waals surface area contributed by atoms with Crippen LogP contribution in [-0.4, -0.2) is 47.5 Å². The van der Waals surface area contributed by atoms with Crippen molar-refractivity contribution in [3.63, 3.8) is 0 Å². The van der Waals surface area contributed by atoms with Gasteiger partial charge in [-0.25, -0.2) is 0 Å². The summed E-state index contributed by atoms with van der Waals surface area (Å²) in [5.41, 5.74) is 2.37. The molecule has 3 rings (SSSR count). The summed E-state index contributed by atoms with van der Waals surface area (Å²) in [6.45, 7) is 8.00. The van der Waals surface area contributed by atoms with E-state index in [2.05, 4.69) is 54.0 Å². The van der Waals surface area contributed by atoms with Crippen molar-refractivity contribution in [1.82, 2.24) is 9.80 Å². The molecule has 1 aliphatic rings. The molecule has 1 aliphatic heterocycles. The van der Waals surface area contributed by atoms with Gasteiger partial charge in [0.05, 0.1) is 6.54 Å². The molecule has 4 nitrogen and oxygen atoms in total. The zero-order valence-electron chi connectivity index (χ0n) is 16.4. The highest BCUT2D eigenvalue weighted by atomic mass is 16.5. The molecule has 0 saturated carbocycles. The van der Waals surface area contributed by atoms with Crippen LogP contribution in [0.1, 0.15) is 31.4 Å². The Hall–Kier alpha value is -2.17. The standard InChI is InChI=1S/C23H30N2O2/c1-3-22-16-24(15-20-10-6-4-7-11-20)19(2)14-25(22)17-23(26)27-18-21-12-8-5-9-13-21/h4-13,19,22H,3,14-18H2,1-2H3/t19-,22+/m1/s1. The highest BCUT2D eigenvalue weighted by Crippen LogP contribution is 2.20. The van der Waals surface area contributed by atoms with Gasteiger partial charge in [-0.1, -0.05) is 67.6 Å². The summed E-state index contributed by atoms with van der Waals surface area (Å²) in [5, 5.41) is 0. The van der Waals surface area contributed by atoms with E-state index in [1.54, 1.807) is 0 Å². The molecule has 0 unspecified atom stereocenters. The summed E-state index contributed by atoms with van der Waals surface area (Å²) >= 11 is 0. The molecule has 0 spiro atoms. The number of benzene rings is 2. The SMILES string of the molecule is CC[C@H]1CN(Cc2ccccc2)[C@H](C)CN1CC(=O)OCc1ccccc1. The van der Waals surface area contributed by atoms with Crippen LogP contribution in [0.4, 0.5) is 0 Å². The third kappa shape index (κ3) is 5.65. The number of carbonyl (C=O) groups excluding carboxylic acids is 1. The summed E-state index contributed by atoms with van der Waals surface area (Å²) in [4.78, 5) is 17.2. The molecule has 2 aromatic rings. The molecule has 1 fully saturated rings. The Morgan fingerprint density at radius 3 is 2.22 bits per heavy atom. The molecule has 4 heteroatoms. The van der Waals surface area contributed by atoms with Crippen LogP contribution in [0, 0.1) is 0 Å². The minimum Gasteiger partial charge on any atom is -0.460 e. The van der Waals surface area contributed by atoms with E-state index >= 15 is 0 Å². The van der Waals surface area contributed by atoms with Crippen LogP contribution in [0.2, 0.25) is 0 Å². The van der Waals surface area contributed by atoms with Crippen LogP contribution in [0.15, 0.2) is 60.7 Å². The summed E-state index contributed by atoms with van der Waals surface area (Å²) in [6, 6.07) is 21.2. The molecule has 0 N–H and O–H groups in total. The van der Waals surface area contributed by atoms with Crippen LogP contribution in [0.5, 0.6) is 0 Å². The Kier molecular flexibility index (Phi) is 7.02. The van der Waals surface area contributed by atoms with Gasteiger partial charge in [-0.2, -0.15) is 0 Å². The Labute approximate surface area is 162 Å². The molecule has 2 aromatic carbocycles. The monoisotopic (exact) mass is 366 g/mol. The number of hydrogen-bond donors (Lipinski definition) is 0. The highest BCUT2D eigenvalue weighted by molar-refractivity contribution is 5.71. The van der Waals surface area contributed by atoms with Crippen LogP contribution in [0.25, 0.3) is 0 Å². The van der Waals surface area contributed by atoms with Crippen molar-refractivity contribution in [3.8, 4) is 0 Å². The van der Waals surface area contributed by atoms with Gasteiger partial charge in [0.1, 0.15) is 6.61 Å². The topological polar surface area (TPSA) is 32.8 Å². The third-order valence-electron chi connectivity index (χ3n) is 5.36. The van der Waals surface area contributed by atoms with Gasteiger partial charge in [-0.15, -0.1) is 0 Å². The van der Waals surface area contributed by atoms with Gasteiger partial charge < -0.3 is 4.74 Å². The molecule has 144 valence electrons. The van der Waals surface area contributed by atoms with Crippen molar-refractivity contribution in [3.05, 3.63) is 71.8 Å². The van der Waals surface area contributed by atoms with E-state index in [-0.39, 0.29) is 5.97 Å². The maximum atomic E-state index is 12.3. The van der Waals surface area contributed by atoms with Gasteiger partial charge >= 0.3 is 5.97 Å². The second-order valence-corrected chi connectivity index (χ2v) is 7.40. The predicted octanol–water partition coefficient (Wildman–Crippen LogP) is 3.71. The van der Waals surface area contributed by atoms with E-state index < -0.39 is 0 Å². The van der Waals surface area contributed by atoms with Gasteiger partial charge in [0, 0.05) is 31.7 Å². The van der Waals surface area contributed by atoms with Gasteiger partial charge in [0.15, 0.2) is 0 Å². The van der Waals surface area contributed by atoms with E-state index in [9.17, 15) is 4.79 Å². The smallest absolute Gasteiger partial charge is 0.320 e. The number of hydrogen-bond acceptors (Lipinski definition) is 4. The van der Waals surface area contributed by atoms with E-state index in [0.717, 1.165) is 31.6 Å². The normalized spacial score (nSPS) is 21.1. The van der Waals surface area contributed by atoms with E-state index in [4.69, 9.17) is 4.74 Å². The van der Waals surface area contributed by atoms with E-state index in [0.29, 0.717) is 25.2 Å². The molecule has 27 heavy (non-hydrogen) atoms. The minimum absolute atomic E-state index is 0.138. The third-order valence-corrected chi connectivity index (χ3v) is 5.36. The lowest BCUT2D eigenvalue weighted by molar-refractivity contribution is -0.148. The quantitative estimate of drug-likeness (QED) is 0.699. The van der Waals surface area contributed by atoms with Crippen LogP contribution in [0.3, 0.4) is 0 Å². The zero-order chi connectivity index (χ0) is 19.1. The Balaban J connectivity index is 1.53. The molecular weight excluding hydrogens is 336 g/mol. The van der Waals surface area contributed by atoms with Gasteiger partial charge in [-0.3, -0.25) is 14.6 Å². The number of rotatable bonds is 7. The van der Waals surface area contributed by atoms with Crippen LogP contribution in [-0.2, 0) is 22.7 Å². The van der Waals surface area contributed by atoms with Crippen molar-refractivity contribution < 1.29 is 9.53 Å². The summed E-state index contributed by atoms with van der Waals surface area (Å²) in [6.07, 6.45) is 1.03. The largest absolute Gasteiger partial charge is 0.460 e. The fourth-order valence-corrected chi connectivity index (χ4v) is 3.74. The molecule has 0 radical (unpaired) electrons. The first kappa shape index (κ1) is 19.6. The fraction of sp³-hybridized carbons (Fsp3) is 0.435. The Morgan fingerprint density at radius 2 is 1.59 bits per heavy atom. The van der Waals surface area contributed by atoms with Crippen molar-refractivity contribution in [2.24, 2.45) is 0 Å². The van der Waals surface area contributed by atoms with Crippen molar-refractivity contribution in [1.29, 1.82) is 0 Å². The van der Waals surface area contributed by atoms with Crippen molar-refractivity contribution in [2.75, 3.05) is 19.6 Å². The minimum atomic E-state index is -0.138. The second-order valence-electron chi connectivity index (χ2n) is 7.40. The number of nitrogens with zero attached hydrogens (tertiary/aromatic N) is 2. The number of piperazine rings is 1. The average Bonchev–Trinajstić information content (AvgIpc) is 2.70. The molecule has 1 heterocycles. The predicted molar refractivity (Wildman–Crippen MR) is 108 cm³/mol. The molecular formula is C23H30N2O2. The van der Waals surface area contributed by atoms with Crippen molar-refractivity contribution >= 4 is 5.97 Å². The lowest BCUT2D eigenvalue weighted by atomic mass is 10.0. The van der Waals surface area contributed by atoms with E-state index in [1.807, 2.05) is 30.3 Å². The zero-order valence-corrected chi connectivity index (χ0v) is 16.4. The van der Waals surface area contributed by atoms with E-state index in [1.165, 1.54) is 5.56 Å². The fourth-order valence-electron chi connectivity index (χ4n) is 3.74. The highest BCUT2D eigenvalue weighted by Gasteiger charge is 2.31. The summed E-state index contributed by atoms with van der Waals surface area (Å²) in [5.74, 6) is -0.138. The first-order chi connectivity index (χ1) is 13.2. The van der Waals surface area contributed by atoms with Crippen LogP contribution < -0.4 is 0 Å². The molecule has 1 saturated heterocycles. The lowest BCUT2D eigenvalue weighted by Gasteiger charge is -2.44. The number of carbonyl (C=O) groups is 1. The molecule has 0 amide bonds.